The maximum Gasteiger partial charge on any atom is 0.270 e. The zero-order chi connectivity index (χ0) is 21.7. The Morgan fingerprint density at radius 2 is 1.80 bits per heavy atom. The average molecular weight is 410 g/mol. The number of hydrogen-bond donors (Lipinski definition) is 2. The van der Waals surface area contributed by atoms with E-state index in [0.29, 0.717) is 37.2 Å². The van der Waals surface area contributed by atoms with Gasteiger partial charge in [0.05, 0.1) is 0 Å². The van der Waals surface area contributed by atoms with Gasteiger partial charge in [-0.2, -0.15) is 0 Å². The van der Waals surface area contributed by atoms with Crippen molar-refractivity contribution in [3.63, 3.8) is 0 Å². The van der Waals surface area contributed by atoms with Gasteiger partial charge in [0.2, 0.25) is 5.91 Å². The number of H-pyrrole nitrogens is 1. The number of carbonyl (C=O) groups is 3. The number of nitrogens with zero attached hydrogens (tertiary/aromatic N) is 1. The summed E-state index contributed by atoms with van der Waals surface area (Å²) in [5, 5.41) is 3.11. The largest absolute Gasteiger partial charge is 0.354 e. The number of nitrogens with one attached hydrogen (secondary N) is 2. The van der Waals surface area contributed by atoms with Gasteiger partial charge >= 0.3 is 0 Å². The summed E-state index contributed by atoms with van der Waals surface area (Å²) < 4.78 is 0. The molecule has 6 heteroatoms. The Labute approximate surface area is 178 Å². The third kappa shape index (κ3) is 4.99. The minimum absolute atomic E-state index is 0.0171. The normalized spacial score (nSPS) is 14.6. The van der Waals surface area contributed by atoms with Crippen LogP contribution in [0.4, 0.5) is 0 Å². The summed E-state index contributed by atoms with van der Waals surface area (Å²) >= 11 is 0. The highest BCUT2D eigenvalue weighted by atomic mass is 16.2. The Morgan fingerprint density at radius 1 is 1.13 bits per heavy atom. The van der Waals surface area contributed by atoms with Gasteiger partial charge in [0.25, 0.3) is 5.91 Å². The third-order valence-electron chi connectivity index (χ3n) is 5.84. The summed E-state index contributed by atoms with van der Waals surface area (Å²) in [6, 6.07) is 10.1. The van der Waals surface area contributed by atoms with Crippen LogP contribution in [0, 0.1) is 6.92 Å². The number of rotatable bonds is 7. The molecule has 0 unspecified atom stereocenters. The number of hydrogen-bond acceptors (Lipinski definition) is 3. The van der Waals surface area contributed by atoms with Gasteiger partial charge in [-0.15, -0.1) is 0 Å². The first-order valence-corrected chi connectivity index (χ1v) is 10.8. The van der Waals surface area contributed by atoms with Crippen molar-refractivity contribution >= 4 is 17.6 Å². The zero-order valence-electron chi connectivity index (χ0n) is 18.1. The molecule has 6 nitrogen and oxygen atoms in total. The lowest BCUT2D eigenvalue weighted by Gasteiger charge is -2.32. The van der Waals surface area contributed by atoms with Crippen LogP contribution in [0.5, 0.6) is 0 Å². The van der Waals surface area contributed by atoms with E-state index in [2.05, 4.69) is 10.3 Å². The highest BCUT2D eigenvalue weighted by Gasteiger charge is 2.28. The fourth-order valence-electron chi connectivity index (χ4n) is 4.28. The van der Waals surface area contributed by atoms with Crippen LogP contribution in [0.3, 0.4) is 0 Å². The van der Waals surface area contributed by atoms with Gasteiger partial charge in [-0.25, -0.2) is 0 Å². The van der Waals surface area contributed by atoms with E-state index in [1.807, 2.05) is 49.1 Å². The molecular weight excluding hydrogens is 378 g/mol. The first-order chi connectivity index (χ1) is 14.4. The molecule has 2 N–H and O–H groups in total. The van der Waals surface area contributed by atoms with Crippen LogP contribution in [0.2, 0.25) is 0 Å². The number of carbonyl (C=O) groups excluding carboxylic acids is 3. The van der Waals surface area contributed by atoms with Crippen molar-refractivity contribution in [1.29, 1.82) is 0 Å². The quantitative estimate of drug-likeness (QED) is 0.687. The molecule has 1 saturated heterocycles. The third-order valence-corrected chi connectivity index (χ3v) is 5.84. The number of piperidine rings is 1. The summed E-state index contributed by atoms with van der Waals surface area (Å²) in [6.07, 6.45) is 3.31. The Kier molecular flexibility index (Phi) is 7.08. The van der Waals surface area contributed by atoms with Gasteiger partial charge in [0.1, 0.15) is 5.69 Å². The molecular formula is C24H31N3O3. The lowest BCUT2D eigenvalue weighted by molar-refractivity contribution is -0.122. The molecule has 1 aliphatic rings. The Hall–Kier alpha value is -2.89. The Balaban J connectivity index is 1.53. The minimum atomic E-state index is -0.0590. The Morgan fingerprint density at radius 3 is 2.40 bits per heavy atom. The van der Waals surface area contributed by atoms with E-state index in [1.54, 1.807) is 0 Å². The number of aromatic nitrogens is 1. The molecule has 2 amide bonds. The van der Waals surface area contributed by atoms with Crippen molar-refractivity contribution in [2.24, 2.45) is 0 Å². The number of amides is 2. The average Bonchev–Trinajstić information content (AvgIpc) is 3.09. The van der Waals surface area contributed by atoms with E-state index < -0.39 is 0 Å². The van der Waals surface area contributed by atoms with Crippen LogP contribution in [0.15, 0.2) is 30.3 Å². The first kappa shape index (κ1) is 21.8. The summed E-state index contributed by atoms with van der Waals surface area (Å²) in [7, 11) is 0. The van der Waals surface area contributed by atoms with Crippen molar-refractivity contribution in [3.8, 4) is 0 Å². The predicted octanol–water partition coefficient (Wildman–Crippen LogP) is 3.44. The monoisotopic (exact) mass is 409 g/mol. The summed E-state index contributed by atoms with van der Waals surface area (Å²) in [4.78, 5) is 42.3. The highest BCUT2D eigenvalue weighted by Crippen LogP contribution is 2.23. The molecule has 0 radical (unpaired) electrons. The lowest BCUT2D eigenvalue weighted by Crippen LogP contribution is -2.46. The molecule has 1 fully saturated rings. The van der Waals surface area contributed by atoms with Gasteiger partial charge in [0, 0.05) is 36.8 Å². The van der Waals surface area contributed by atoms with Crippen molar-refractivity contribution in [3.05, 3.63) is 58.4 Å². The van der Waals surface area contributed by atoms with Crippen LogP contribution in [0.25, 0.3) is 0 Å². The number of likely N-dealkylation sites (tertiary alicyclic amines) is 1. The van der Waals surface area contributed by atoms with Crippen molar-refractivity contribution in [2.75, 3.05) is 13.1 Å². The number of Topliss-reactive ketones (excluding diaryl/α,β-unsaturated/α-hetero) is 1. The molecule has 2 heterocycles. The standard InChI is InChI=1S/C24H31N3O3/c1-4-20-22(17(3)28)16(2)25-23(20)24(30)27-14-12-19(13-15-27)26-21(29)11-10-18-8-6-5-7-9-18/h5-9,19,25H,4,10-15H2,1-3H3,(H,26,29). The number of aromatic amines is 1. The SMILES string of the molecule is CCc1c(C(=O)N2CCC(NC(=O)CCc3ccccc3)CC2)[nH]c(C)c1C(C)=O. The fourth-order valence-corrected chi connectivity index (χ4v) is 4.28. The number of benzene rings is 1. The molecule has 1 aliphatic heterocycles. The van der Waals surface area contributed by atoms with Crippen LogP contribution in [-0.2, 0) is 17.6 Å². The van der Waals surface area contributed by atoms with Crippen LogP contribution >= 0.6 is 0 Å². The zero-order valence-corrected chi connectivity index (χ0v) is 18.1. The maximum absolute atomic E-state index is 13.1. The topological polar surface area (TPSA) is 82.3 Å². The van der Waals surface area contributed by atoms with Crippen LogP contribution in [0.1, 0.15) is 70.8 Å². The van der Waals surface area contributed by atoms with Gasteiger partial charge in [-0.1, -0.05) is 37.3 Å². The molecule has 0 bridgehead atoms. The van der Waals surface area contributed by atoms with Gasteiger partial charge in [-0.05, 0) is 50.7 Å². The predicted molar refractivity (Wildman–Crippen MR) is 117 cm³/mol. The second kappa shape index (κ2) is 9.74. The van der Waals surface area contributed by atoms with Crippen molar-refractivity contribution in [1.82, 2.24) is 15.2 Å². The highest BCUT2D eigenvalue weighted by molar-refractivity contribution is 6.02. The smallest absolute Gasteiger partial charge is 0.270 e. The van der Waals surface area contributed by atoms with Gasteiger partial charge in [-0.3, -0.25) is 14.4 Å². The molecule has 0 aliphatic carbocycles. The lowest BCUT2D eigenvalue weighted by atomic mass is 10.0. The minimum Gasteiger partial charge on any atom is -0.354 e. The molecule has 160 valence electrons. The summed E-state index contributed by atoms with van der Waals surface area (Å²) in [5.41, 5.74) is 3.89. The van der Waals surface area contributed by atoms with E-state index in [9.17, 15) is 14.4 Å². The molecule has 1 aromatic carbocycles. The van der Waals surface area contributed by atoms with E-state index >= 15 is 0 Å². The summed E-state index contributed by atoms with van der Waals surface area (Å²) in [6.45, 7) is 6.53. The van der Waals surface area contributed by atoms with Crippen LogP contribution < -0.4 is 5.32 Å². The summed E-state index contributed by atoms with van der Waals surface area (Å²) in [5.74, 6) is -0.0177. The second-order valence-corrected chi connectivity index (χ2v) is 8.01. The van der Waals surface area contributed by atoms with E-state index in [-0.39, 0.29) is 23.6 Å². The van der Waals surface area contributed by atoms with Gasteiger partial charge < -0.3 is 15.2 Å². The van der Waals surface area contributed by atoms with Crippen molar-refractivity contribution < 1.29 is 14.4 Å². The van der Waals surface area contributed by atoms with Gasteiger partial charge in [0.15, 0.2) is 5.78 Å². The molecule has 3 rings (SSSR count). The van der Waals surface area contributed by atoms with Crippen molar-refractivity contribution in [2.45, 2.75) is 58.9 Å². The maximum atomic E-state index is 13.1. The number of aryl methyl sites for hydroxylation is 2. The molecule has 1 aromatic heterocycles. The first-order valence-electron chi connectivity index (χ1n) is 10.8. The fraction of sp³-hybridized carbons (Fsp3) is 0.458. The van der Waals surface area contributed by atoms with E-state index in [0.717, 1.165) is 36.1 Å². The van der Waals surface area contributed by atoms with E-state index in [1.165, 1.54) is 6.92 Å². The Bertz CT molecular complexity index is 909. The molecule has 0 spiro atoms. The molecule has 0 atom stereocenters. The number of ketones is 1. The molecule has 0 saturated carbocycles. The van der Waals surface area contributed by atoms with Crippen LogP contribution in [-0.4, -0.2) is 46.6 Å². The van der Waals surface area contributed by atoms with E-state index in [4.69, 9.17) is 0 Å². The second-order valence-electron chi connectivity index (χ2n) is 8.01. The molecule has 30 heavy (non-hydrogen) atoms. The molecule has 2 aromatic rings.